The topological polar surface area (TPSA) is 77.4 Å². The minimum absolute atomic E-state index is 0.212. The first kappa shape index (κ1) is 15.3. The Morgan fingerprint density at radius 3 is 2.84 bits per heavy atom. The zero-order valence-electron chi connectivity index (χ0n) is 10.6. The van der Waals surface area contributed by atoms with Gasteiger partial charge >= 0.3 is 5.97 Å². The first-order valence-electron chi connectivity index (χ1n) is 5.45. The molecule has 0 aliphatic heterocycles. The van der Waals surface area contributed by atoms with Crippen LogP contribution in [0.25, 0.3) is 0 Å². The van der Waals surface area contributed by atoms with Crippen LogP contribution in [0.3, 0.4) is 0 Å². The average Bonchev–Trinajstić information content (AvgIpc) is 2.37. The molecule has 1 aromatic rings. The summed E-state index contributed by atoms with van der Waals surface area (Å²) in [5, 5.41) is 11.4. The average molecular weight is 332 g/mol. The molecule has 0 bridgehead atoms. The summed E-state index contributed by atoms with van der Waals surface area (Å²) in [6.07, 6.45) is 1.25. The lowest BCUT2D eigenvalue weighted by Gasteiger charge is -2.12. The molecule has 1 aromatic carbocycles. The van der Waals surface area contributed by atoms with Crippen molar-refractivity contribution in [2.24, 2.45) is 5.16 Å². The number of hydrogen-bond donors (Lipinski definition) is 1. The molecular weight excluding hydrogens is 318 g/mol. The zero-order valence-corrected chi connectivity index (χ0v) is 12.1. The number of esters is 1. The maximum atomic E-state index is 11.2. The summed E-state index contributed by atoms with van der Waals surface area (Å²) in [6, 6.07) is 3.29. The fourth-order valence-electron chi connectivity index (χ4n) is 1.35. The van der Waals surface area contributed by atoms with Crippen molar-refractivity contribution < 1.29 is 24.2 Å². The van der Waals surface area contributed by atoms with E-state index in [1.54, 1.807) is 19.1 Å². The van der Waals surface area contributed by atoms with Crippen molar-refractivity contribution in [2.45, 2.75) is 6.92 Å². The molecule has 0 saturated heterocycles. The molecule has 0 aliphatic carbocycles. The lowest BCUT2D eigenvalue weighted by molar-refractivity contribution is -0.145. The fourth-order valence-corrected chi connectivity index (χ4v) is 1.93. The van der Waals surface area contributed by atoms with E-state index in [9.17, 15) is 4.79 Å². The Morgan fingerprint density at radius 2 is 2.26 bits per heavy atom. The van der Waals surface area contributed by atoms with Gasteiger partial charge in [-0.25, -0.2) is 4.79 Å². The standard InChI is InChI=1S/C12H14BrNO5/c1-3-18-11(15)7-19-12-9(13)4-8(6-14-16)5-10(12)17-2/h4-6,16H,3,7H2,1-2H3. The Kier molecular flexibility index (Phi) is 6.14. The second kappa shape index (κ2) is 7.63. The highest BCUT2D eigenvalue weighted by Gasteiger charge is 2.13. The molecule has 1 rings (SSSR count). The molecule has 0 aliphatic rings. The number of nitrogens with zero attached hydrogens (tertiary/aromatic N) is 1. The normalized spacial score (nSPS) is 10.5. The lowest BCUT2D eigenvalue weighted by atomic mass is 10.2. The van der Waals surface area contributed by atoms with Crippen molar-refractivity contribution in [1.82, 2.24) is 0 Å². The molecule has 0 aromatic heterocycles. The maximum Gasteiger partial charge on any atom is 0.344 e. The number of ether oxygens (including phenoxy) is 3. The van der Waals surface area contributed by atoms with E-state index in [-0.39, 0.29) is 6.61 Å². The van der Waals surface area contributed by atoms with Gasteiger partial charge in [0.2, 0.25) is 0 Å². The SMILES string of the molecule is CCOC(=O)COc1c(Br)cc(C=NO)cc1OC. The molecule has 6 nitrogen and oxygen atoms in total. The highest BCUT2D eigenvalue weighted by Crippen LogP contribution is 2.36. The molecule has 0 unspecified atom stereocenters. The predicted octanol–water partition coefficient (Wildman–Crippen LogP) is 2.21. The Bertz CT molecular complexity index is 475. The highest BCUT2D eigenvalue weighted by atomic mass is 79.9. The summed E-state index contributed by atoms with van der Waals surface area (Å²) in [5.41, 5.74) is 0.620. The number of oxime groups is 1. The van der Waals surface area contributed by atoms with E-state index in [0.29, 0.717) is 28.1 Å². The Hall–Kier alpha value is -1.76. The predicted molar refractivity (Wildman–Crippen MR) is 72.2 cm³/mol. The fraction of sp³-hybridized carbons (Fsp3) is 0.333. The molecule has 0 radical (unpaired) electrons. The number of carbonyl (C=O) groups excluding carboxylic acids is 1. The van der Waals surface area contributed by atoms with E-state index in [1.165, 1.54) is 13.3 Å². The van der Waals surface area contributed by atoms with Crippen molar-refractivity contribution in [3.8, 4) is 11.5 Å². The van der Waals surface area contributed by atoms with Gasteiger partial charge in [0.25, 0.3) is 0 Å². The number of halogens is 1. The summed E-state index contributed by atoms with van der Waals surface area (Å²) in [4.78, 5) is 11.2. The molecule has 0 saturated carbocycles. The Labute approximate surface area is 119 Å². The van der Waals surface area contributed by atoms with Crippen LogP contribution in [0.1, 0.15) is 12.5 Å². The third-order valence-corrected chi connectivity index (χ3v) is 2.69. The number of benzene rings is 1. The molecule has 7 heteroatoms. The number of hydrogen-bond acceptors (Lipinski definition) is 6. The van der Waals surface area contributed by atoms with Crippen molar-refractivity contribution in [2.75, 3.05) is 20.3 Å². The van der Waals surface area contributed by atoms with Crippen LogP contribution in [0.5, 0.6) is 11.5 Å². The highest BCUT2D eigenvalue weighted by molar-refractivity contribution is 9.10. The maximum absolute atomic E-state index is 11.2. The smallest absolute Gasteiger partial charge is 0.344 e. The molecule has 0 amide bonds. The van der Waals surface area contributed by atoms with Crippen LogP contribution in [0.4, 0.5) is 0 Å². The number of rotatable bonds is 6. The van der Waals surface area contributed by atoms with Gasteiger partial charge in [-0.1, -0.05) is 5.16 Å². The number of methoxy groups -OCH3 is 1. The van der Waals surface area contributed by atoms with E-state index in [1.807, 2.05) is 0 Å². The van der Waals surface area contributed by atoms with Gasteiger partial charge in [0.05, 0.1) is 24.4 Å². The zero-order chi connectivity index (χ0) is 14.3. The second-order valence-electron chi connectivity index (χ2n) is 3.37. The van der Waals surface area contributed by atoms with Gasteiger partial charge in [0.15, 0.2) is 18.1 Å². The van der Waals surface area contributed by atoms with Crippen LogP contribution < -0.4 is 9.47 Å². The molecule has 19 heavy (non-hydrogen) atoms. The quantitative estimate of drug-likeness (QED) is 0.374. The van der Waals surface area contributed by atoms with Gasteiger partial charge in [-0.2, -0.15) is 0 Å². The van der Waals surface area contributed by atoms with E-state index in [4.69, 9.17) is 19.4 Å². The molecule has 0 atom stereocenters. The van der Waals surface area contributed by atoms with Crippen LogP contribution in [0, 0.1) is 0 Å². The molecular formula is C12H14BrNO5. The first-order valence-corrected chi connectivity index (χ1v) is 6.25. The molecule has 104 valence electrons. The molecule has 0 heterocycles. The third kappa shape index (κ3) is 4.44. The van der Waals surface area contributed by atoms with Crippen LogP contribution in [0.15, 0.2) is 21.8 Å². The Balaban J connectivity index is 2.90. The van der Waals surface area contributed by atoms with E-state index < -0.39 is 5.97 Å². The van der Waals surface area contributed by atoms with Gasteiger partial charge < -0.3 is 19.4 Å². The van der Waals surface area contributed by atoms with Gasteiger partial charge in [-0.15, -0.1) is 0 Å². The summed E-state index contributed by atoms with van der Waals surface area (Å²) in [7, 11) is 1.47. The van der Waals surface area contributed by atoms with Crippen LogP contribution in [-0.4, -0.2) is 37.7 Å². The number of carbonyl (C=O) groups is 1. The molecule has 1 N–H and O–H groups in total. The third-order valence-electron chi connectivity index (χ3n) is 2.10. The minimum Gasteiger partial charge on any atom is -0.493 e. The van der Waals surface area contributed by atoms with E-state index >= 15 is 0 Å². The van der Waals surface area contributed by atoms with Crippen molar-refractivity contribution in [1.29, 1.82) is 0 Å². The summed E-state index contributed by atoms with van der Waals surface area (Å²) in [5.74, 6) is 0.330. The van der Waals surface area contributed by atoms with E-state index in [2.05, 4.69) is 21.1 Å². The lowest BCUT2D eigenvalue weighted by Crippen LogP contribution is -2.15. The van der Waals surface area contributed by atoms with Gasteiger partial charge in [-0.3, -0.25) is 0 Å². The van der Waals surface area contributed by atoms with Crippen molar-refractivity contribution in [3.05, 3.63) is 22.2 Å². The van der Waals surface area contributed by atoms with Gasteiger partial charge in [0.1, 0.15) is 0 Å². The first-order chi connectivity index (χ1) is 9.12. The second-order valence-corrected chi connectivity index (χ2v) is 4.23. The van der Waals surface area contributed by atoms with Gasteiger partial charge in [0, 0.05) is 5.56 Å². The summed E-state index contributed by atoms with van der Waals surface area (Å²) in [6.45, 7) is 1.81. The molecule has 0 spiro atoms. The molecule has 0 fully saturated rings. The van der Waals surface area contributed by atoms with Crippen LogP contribution >= 0.6 is 15.9 Å². The van der Waals surface area contributed by atoms with Gasteiger partial charge in [-0.05, 0) is 35.0 Å². The monoisotopic (exact) mass is 331 g/mol. The van der Waals surface area contributed by atoms with Crippen LogP contribution in [0.2, 0.25) is 0 Å². The van der Waals surface area contributed by atoms with Crippen LogP contribution in [-0.2, 0) is 9.53 Å². The largest absolute Gasteiger partial charge is 0.493 e. The van der Waals surface area contributed by atoms with Crippen molar-refractivity contribution >= 4 is 28.1 Å². The van der Waals surface area contributed by atoms with Crippen molar-refractivity contribution in [3.63, 3.8) is 0 Å². The summed E-state index contributed by atoms with van der Waals surface area (Å²) >= 11 is 3.30. The minimum atomic E-state index is -0.461. The Morgan fingerprint density at radius 1 is 1.53 bits per heavy atom. The van der Waals surface area contributed by atoms with E-state index in [0.717, 1.165) is 0 Å². The summed E-state index contributed by atoms with van der Waals surface area (Å²) < 4.78 is 15.8.